The Kier molecular flexibility index (Phi) is 23.7. The minimum absolute atomic E-state index is 0.216. The van der Waals surface area contributed by atoms with Gasteiger partial charge in [0.2, 0.25) is 5.91 Å². The first-order valence-electron chi connectivity index (χ1n) is 14.0. The predicted molar refractivity (Wildman–Crippen MR) is 152 cm³/mol. The standard InChI is InChI=1S/C26H44N4O13/c27-28-26(31)5-7-37-9-11-39-13-15-41-17-19-43-21-20-42-18-16-40-14-12-38-10-8-36-6-1-2-23-3-4-24(29(32)33)22-25(23)30(34)35/h3-4,22H,1-2,5-21,27H2,(H,28,31). The summed E-state index contributed by atoms with van der Waals surface area (Å²) in [5, 5.41) is 22.0. The molecule has 1 aromatic rings. The van der Waals surface area contributed by atoms with Gasteiger partial charge >= 0.3 is 0 Å². The zero-order valence-corrected chi connectivity index (χ0v) is 24.4. The largest absolute Gasteiger partial charge is 0.379 e. The van der Waals surface area contributed by atoms with Crippen molar-refractivity contribution in [1.29, 1.82) is 0 Å². The summed E-state index contributed by atoms with van der Waals surface area (Å²) < 4.78 is 43.1. The van der Waals surface area contributed by atoms with Crippen molar-refractivity contribution in [2.75, 3.05) is 106 Å². The Morgan fingerprint density at radius 2 is 1.02 bits per heavy atom. The number of non-ortho nitro benzene ring substituents is 1. The smallest absolute Gasteiger partial charge is 0.279 e. The van der Waals surface area contributed by atoms with Crippen molar-refractivity contribution in [1.82, 2.24) is 5.43 Å². The number of rotatable bonds is 30. The number of amides is 1. The van der Waals surface area contributed by atoms with E-state index in [0.29, 0.717) is 124 Å². The Morgan fingerprint density at radius 3 is 1.40 bits per heavy atom. The highest BCUT2D eigenvalue weighted by Gasteiger charge is 2.18. The topological polar surface area (TPSA) is 215 Å². The van der Waals surface area contributed by atoms with Crippen LogP contribution >= 0.6 is 0 Å². The summed E-state index contributed by atoms with van der Waals surface area (Å²) in [5.74, 6) is 4.69. The van der Waals surface area contributed by atoms with Gasteiger partial charge in [-0.05, 0) is 18.9 Å². The van der Waals surface area contributed by atoms with Crippen LogP contribution in [0, 0.1) is 20.2 Å². The lowest BCUT2D eigenvalue weighted by Gasteiger charge is -2.09. The molecule has 246 valence electrons. The summed E-state index contributed by atoms with van der Waals surface area (Å²) in [6.45, 7) is 6.67. The average molecular weight is 621 g/mol. The van der Waals surface area contributed by atoms with Gasteiger partial charge in [-0.3, -0.25) is 30.4 Å². The molecule has 0 saturated carbocycles. The van der Waals surface area contributed by atoms with Gasteiger partial charge in [0.15, 0.2) is 0 Å². The van der Waals surface area contributed by atoms with Gasteiger partial charge < -0.3 is 37.9 Å². The molecule has 0 unspecified atom stereocenters. The summed E-state index contributed by atoms with van der Waals surface area (Å²) in [7, 11) is 0. The SMILES string of the molecule is NNC(=O)CCOCCOCCOCCOCCOCCOCCOCCOCCCc1ccc([N+](=O)[O-])cc1[N+](=O)[O-]. The first kappa shape index (κ1) is 38.2. The normalized spacial score (nSPS) is 11.1. The van der Waals surface area contributed by atoms with Crippen molar-refractivity contribution in [2.24, 2.45) is 5.84 Å². The van der Waals surface area contributed by atoms with Gasteiger partial charge in [-0.25, -0.2) is 5.84 Å². The minimum atomic E-state index is -0.658. The Balaban J connectivity index is 1.78. The molecule has 17 heteroatoms. The lowest BCUT2D eigenvalue weighted by atomic mass is 10.1. The van der Waals surface area contributed by atoms with E-state index in [2.05, 4.69) is 0 Å². The molecule has 0 radical (unpaired) electrons. The molecule has 0 aliphatic carbocycles. The third-order valence-corrected chi connectivity index (χ3v) is 5.45. The van der Waals surface area contributed by atoms with Crippen LogP contribution in [-0.4, -0.2) is 121 Å². The molecule has 0 aliphatic rings. The first-order chi connectivity index (χ1) is 21.0. The lowest BCUT2D eigenvalue weighted by molar-refractivity contribution is -0.394. The molecule has 1 amide bonds. The van der Waals surface area contributed by atoms with Gasteiger partial charge in [-0.2, -0.15) is 0 Å². The van der Waals surface area contributed by atoms with Crippen LogP contribution in [0.3, 0.4) is 0 Å². The maximum Gasteiger partial charge on any atom is 0.279 e. The molecule has 17 nitrogen and oxygen atoms in total. The van der Waals surface area contributed by atoms with E-state index in [1.807, 2.05) is 5.43 Å². The second-order valence-corrected chi connectivity index (χ2v) is 8.65. The Morgan fingerprint density at radius 1 is 0.628 bits per heavy atom. The molecule has 0 atom stereocenters. The highest BCUT2D eigenvalue weighted by atomic mass is 16.6. The Bertz CT molecular complexity index is 895. The molecule has 0 saturated heterocycles. The van der Waals surface area contributed by atoms with Gasteiger partial charge in [-0.1, -0.05) is 0 Å². The number of nitrogens with zero attached hydrogens (tertiary/aromatic N) is 2. The van der Waals surface area contributed by atoms with Crippen LogP contribution in [0.2, 0.25) is 0 Å². The highest BCUT2D eigenvalue weighted by molar-refractivity contribution is 5.75. The molecular weight excluding hydrogens is 576 g/mol. The number of nitro benzene ring substituents is 2. The third kappa shape index (κ3) is 21.5. The molecule has 1 aromatic carbocycles. The van der Waals surface area contributed by atoms with Crippen molar-refractivity contribution in [2.45, 2.75) is 19.3 Å². The van der Waals surface area contributed by atoms with Crippen LogP contribution in [0.1, 0.15) is 18.4 Å². The van der Waals surface area contributed by atoms with Crippen LogP contribution in [0.5, 0.6) is 0 Å². The number of carbonyl (C=O) groups is 1. The average Bonchev–Trinajstić information content (AvgIpc) is 3.00. The monoisotopic (exact) mass is 620 g/mol. The van der Waals surface area contributed by atoms with Crippen LogP contribution < -0.4 is 11.3 Å². The van der Waals surface area contributed by atoms with E-state index in [4.69, 9.17) is 43.7 Å². The van der Waals surface area contributed by atoms with E-state index in [-0.39, 0.29) is 23.7 Å². The molecule has 0 spiro atoms. The Labute approximate surface area is 250 Å². The van der Waals surface area contributed by atoms with Gasteiger partial charge in [-0.15, -0.1) is 0 Å². The number of nitrogens with two attached hydrogens (primary N) is 1. The molecule has 1 rings (SSSR count). The molecule has 43 heavy (non-hydrogen) atoms. The summed E-state index contributed by atoms with van der Waals surface area (Å²) in [4.78, 5) is 31.6. The molecule has 3 N–H and O–H groups in total. The van der Waals surface area contributed by atoms with E-state index >= 15 is 0 Å². The van der Waals surface area contributed by atoms with Crippen molar-refractivity contribution in [3.8, 4) is 0 Å². The number of ether oxygens (including phenoxy) is 8. The van der Waals surface area contributed by atoms with Crippen LogP contribution in [0.25, 0.3) is 0 Å². The van der Waals surface area contributed by atoms with Crippen molar-refractivity contribution < 1.29 is 52.5 Å². The van der Waals surface area contributed by atoms with Crippen LogP contribution in [0.4, 0.5) is 11.4 Å². The summed E-state index contributed by atoms with van der Waals surface area (Å²) in [6.07, 6.45) is 1.13. The molecule has 0 aromatic heterocycles. The number of hydrogen-bond acceptors (Lipinski definition) is 14. The fourth-order valence-electron chi connectivity index (χ4n) is 3.29. The molecule has 0 aliphatic heterocycles. The van der Waals surface area contributed by atoms with Gasteiger partial charge in [0.25, 0.3) is 11.4 Å². The maximum absolute atomic E-state index is 11.2. The summed E-state index contributed by atoms with van der Waals surface area (Å²) in [5.41, 5.74) is 1.89. The summed E-state index contributed by atoms with van der Waals surface area (Å²) >= 11 is 0. The van der Waals surface area contributed by atoms with Crippen molar-refractivity contribution in [3.63, 3.8) is 0 Å². The highest BCUT2D eigenvalue weighted by Crippen LogP contribution is 2.25. The number of nitrogens with one attached hydrogen (secondary N) is 1. The van der Waals surface area contributed by atoms with Gasteiger partial charge in [0.1, 0.15) is 0 Å². The molecular formula is C26H44N4O13. The van der Waals surface area contributed by atoms with E-state index in [9.17, 15) is 25.0 Å². The third-order valence-electron chi connectivity index (χ3n) is 5.45. The number of carbonyl (C=O) groups excluding carboxylic acids is 1. The van der Waals surface area contributed by atoms with Crippen LogP contribution in [0.15, 0.2) is 18.2 Å². The number of nitro groups is 2. The second-order valence-electron chi connectivity index (χ2n) is 8.65. The second kappa shape index (κ2) is 26.7. The number of hydrazine groups is 1. The van der Waals surface area contributed by atoms with Gasteiger partial charge in [0, 0.05) is 18.2 Å². The number of benzene rings is 1. The molecule has 0 heterocycles. The van der Waals surface area contributed by atoms with Gasteiger partial charge in [0.05, 0.1) is 121 Å². The van der Waals surface area contributed by atoms with E-state index in [1.54, 1.807) is 0 Å². The Hall–Kier alpha value is -2.87. The number of hydrogen-bond donors (Lipinski definition) is 2. The number of aryl methyl sites for hydroxylation is 1. The maximum atomic E-state index is 11.2. The summed E-state index contributed by atoms with van der Waals surface area (Å²) in [6, 6.07) is 3.65. The van der Waals surface area contributed by atoms with Crippen molar-refractivity contribution >= 4 is 17.3 Å². The zero-order chi connectivity index (χ0) is 31.4. The molecule has 0 fully saturated rings. The fourth-order valence-corrected chi connectivity index (χ4v) is 3.29. The lowest BCUT2D eigenvalue weighted by Crippen LogP contribution is -2.30. The molecule has 0 bridgehead atoms. The quantitative estimate of drug-likeness (QED) is 0.0403. The van der Waals surface area contributed by atoms with E-state index in [1.165, 1.54) is 12.1 Å². The first-order valence-corrected chi connectivity index (χ1v) is 14.0. The minimum Gasteiger partial charge on any atom is -0.379 e. The van der Waals surface area contributed by atoms with E-state index < -0.39 is 9.85 Å². The van der Waals surface area contributed by atoms with Crippen LogP contribution in [-0.2, 0) is 49.1 Å². The predicted octanol–water partition coefficient (Wildman–Crippen LogP) is 0.948. The fraction of sp³-hybridized carbons (Fsp3) is 0.731. The van der Waals surface area contributed by atoms with Crippen molar-refractivity contribution in [3.05, 3.63) is 44.0 Å². The van der Waals surface area contributed by atoms with E-state index in [0.717, 1.165) is 6.07 Å². The zero-order valence-electron chi connectivity index (χ0n) is 24.4.